The Bertz CT molecular complexity index is 521. The Morgan fingerprint density at radius 3 is 3.00 bits per heavy atom. The Hall–Kier alpha value is -1.88. The van der Waals surface area contributed by atoms with Crippen molar-refractivity contribution in [2.45, 2.75) is 6.10 Å². The van der Waals surface area contributed by atoms with Crippen molar-refractivity contribution >= 4 is 17.2 Å². The number of carbonyl (C=O) groups excluding carboxylic acids is 1. The van der Waals surface area contributed by atoms with Crippen LogP contribution in [-0.4, -0.2) is 35.0 Å². The molecule has 0 unspecified atom stereocenters. The monoisotopic (exact) mass is 260 g/mol. The Balaban J connectivity index is 1.53. The van der Waals surface area contributed by atoms with Gasteiger partial charge in [0.1, 0.15) is 11.9 Å². The van der Waals surface area contributed by atoms with Crippen LogP contribution in [0.2, 0.25) is 0 Å². The van der Waals surface area contributed by atoms with Gasteiger partial charge >= 0.3 is 0 Å². The number of nitrogens with zero attached hydrogens (tertiary/aromatic N) is 2. The summed E-state index contributed by atoms with van der Waals surface area (Å²) < 4.78 is 5.69. The van der Waals surface area contributed by atoms with Crippen LogP contribution in [-0.2, 0) is 0 Å². The van der Waals surface area contributed by atoms with E-state index in [0.717, 1.165) is 11.3 Å². The van der Waals surface area contributed by atoms with Gasteiger partial charge in [-0.15, -0.1) is 0 Å². The lowest BCUT2D eigenvalue weighted by Gasteiger charge is -2.38. The van der Waals surface area contributed by atoms with Crippen molar-refractivity contribution in [2.24, 2.45) is 0 Å². The van der Waals surface area contributed by atoms with Gasteiger partial charge in [-0.2, -0.15) is 11.3 Å². The maximum absolute atomic E-state index is 12.0. The molecule has 1 aliphatic rings. The molecule has 2 aromatic heterocycles. The van der Waals surface area contributed by atoms with E-state index in [4.69, 9.17) is 4.74 Å². The average molecular weight is 260 g/mol. The maximum Gasteiger partial charge on any atom is 0.254 e. The Morgan fingerprint density at radius 1 is 1.44 bits per heavy atom. The molecule has 0 N–H and O–H groups in total. The smallest absolute Gasteiger partial charge is 0.254 e. The molecule has 0 atom stereocenters. The highest BCUT2D eigenvalue weighted by Gasteiger charge is 2.32. The molecule has 1 saturated heterocycles. The molecular weight excluding hydrogens is 248 g/mol. The number of carbonyl (C=O) groups is 1. The lowest BCUT2D eigenvalue weighted by molar-refractivity contribution is 0.0177. The Kier molecular flexibility index (Phi) is 2.98. The molecule has 1 fully saturated rings. The number of hydrogen-bond acceptors (Lipinski definition) is 4. The predicted octanol–water partition coefficient (Wildman–Crippen LogP) is 2.05. The third-order valence-electron chi connectivity index (χ3n) is 2.84. The van der Waals surface area contributed by atoms with Crippen molar-refractivity contribution in [3.8, 4) is 5.75 Å². The number of hydrogen-bond donors (Lipinski definition) is 0. The van der Waals surface area contributed by atoms with E-state index in [0.29, 0.717) is 13.1 Å². The van der Waals surface area contributed by atoms with Gasteiger partial charge in [-0.05, 0) is 23.6 Å². The highest BCUT2D eigenvalue weighted by Crippen LogP contribution is 2.19. The summed E-state index contributed by atoms with van der Waals surface area (Å²) in [6, 6.07) is 5.56. The first-order valence-corrected chi connectivity index (χ1v) is 6.65. The zero-order valence-electron chi connectivity index (χ0n) is 9.65. The normalized spacial score (nSPS) is 15.2. The number of rotatable bonds is 3. The quantitative estimate of drug-likeness (QED) is 0.848. The Morgan fingerprint density at radius 2 is 2.33 bits per heavy atom. The molecule has 1 aliphatic heterocycles. The summed E-state index contributed by atoms with van der Waals surface area (Å²) in [7, 11) is 0. The fourth-order valence-corrected chi connectivity index (χ4v) is 2.49. The summed E-state index contributed by atoms with van der Waals surface area (Å²) in [4.78, 5) is 17.7. The second-order valence-corrected chi connectivity index (χ2v) is 4.93. The molecule has 0 bridgehead atoms. The minimum atomic E-state index is 0.0804. The Labute approximate surface area is 109 Å². The van der Waals surface area contributed by atoms with Crippen molar-refractivity contribution in [2.75, 3.05) is 13.1 Å². The highest BCUT2D eigenvalue weighted by molar-refractivity contribution is 7.08. The van der Waals surface area contributed by atoms with E-state index in [9.17, 15) is 4.79 Å². The fraction of sp³-hybridized carbons (Fsp3) is 0.231. The molecule has 5 heteroatoms. The molecule has 3 rings (SSSR count). The van der Waals surface area contributed by atoms with Gasteiger partial charge in [0, 0.05) is 11.6 Å². The lowest BCUT2D eigenvalue weighted by Crippen LogP contribution is -2.56. The van der Waals surface area contributed by atoms with Crippen molar-refractivity contribution in [1.82, 2.24) is 9.88 Å². The van der Waals surface area contributed by atoms with Gasteiger partial charge in [-0.25, -0.2) is 0 Å². The van der Waals surface area contributed by atoms with Crippen LogP contribution < -0.4 is 4.74 Å². The van der Waals surface area contributed by atoms with Crippen LogP contribution >= 0.6 is 11.3 Å². The summed E-state index contributed by atoms with van der Waals surface area (Å²) in [6.45, 7) is 1.28. The number of ether oxygens (including phenoxy) is 1. The van der Waals surface area contributed by atoms with Crippen LogP contribution in [0, 0.1) is 0 Å². The van der Waals surface area contributed by atoms with E-state index in [-0.39, 0.29) is 12.0 Å². The van der Waals surface area contributed by atoms with E-state index in [1.54, 1.807) is 17.3 Å². The molecule has 4 nitrogen and oxygen atoms in total. The van der Waals surface area contributed by atoms with Gasteiger partial charge in [-0.1, -0.05) is 0 Å². The average Bonchev–Trinajstić information content (AvgIpc) is 2.87. The minimum Gasteiger partial charge on any atom is -0.485 e. The number of thiophene rings is 1. The van der Waals surface area contributed by atoms with Gasteiger partial charge in [0.15, 0.2) is 0 Å². The molecule has 0 saturated carbocycles. The zero-order chi connectivity index (χ0) is 12.4. The van der Waals surface area contributed by atoms with E-state index in [1.165, 1.54) is 11.3 Å². The molecular formula is C13H12N2O2S. The second-order valence-electron chi connectivity index (χ2n) is 4.15. The summed E-state index contributed by atoms with van der Waals surface area (Å²) in [5, 5.41) is 3.79. The number of likely N-dealkylation sites (tertiary alicyclic amines) is 1. The van der Waals surface area contributed by atoms with Crippen molar-refractivity contribution in [3.63, 3.8) is 0 Å². The standard InChI is InChI=1S/C13H12N2O2S/c16-13(10-3-5-18-9-10)15-7-12(8-15)17-11-2-1-4-14-6-11/h1-6,9,12H,7-8H2. The van der Waals surface area contributed by atoms with E-state index >= 15 is 0 Å². The maximum atomic E-state index is 12.0. The SMILES string of the molecule is O=C(c1ccsc1)N1CC(Oc2cccnc2)C1. The molecule has 0 aromatic carbocycles. The molecule has 3 heterocycles. The summed E-state index contributed by atoms with van der Waals surface area (Å²) in [5.74, 6) is 0.840. The minimum absolute atomic E-state index is 0.0804. The number of amides is 1. The number of aromatic nitrogens is 1. The largest absolute Gasteiger partial charge is 0.485 e. The van der Waals surface area contributed by atoms with E-state index in [2.05, 4.69) is 4.98 Å². The van der Waals surface area contributed by atoms with Gasteiger partial charge in [-0.3, -0.25) is 9.78 Å². The topological polar surface area (TPSA) is 42.4 Å². The van der Waals surface area contributed by atoms with Crippen LogP contribution in [0.4, 0.5) is 0 Å². The van der Waals surface area contributed by atoms with E-state index in [1.807, 2.05) is 29.0 Å². The molecule has 2 aromatic rings. The van der Waals surface area contributed by atoms with Crippen molar-refractivity contribution in [1.29, 1.82) is 0 Å². The highest BCUT2D eigenvalue weighted by atomic mass is 32.1. The van der Waals surface area contributed by atoms with Crippen molar-refractivity contribution in [3.05, 3.63) is 46.9 Å². The van der Waals surface area contributed by atoms with Crippen LogP contribution in [0.5, 0.6) is 5.75 Å². The molecule has 1 amide bonds. The third kappa shape index (κ3) is 2.22. The summed E-state index contributed by atoms with van der Waals surface area (Å²) in [6.07, 6.45) is 3.47. The number of pyridine rings is 1. The molecule has 0 aliphatic carbocycles. The predicted molar refractivity (Wildman–Crippen MR) is 68.9 cm³/mol. The summed E-state index contributed by atoms with van der Waals surface area (Å²) >= 11 is 1.54. The molecule has 0 radical (unpaired) electrons. The molecule has 0 spiro atoms. The van der Waals surface area contributed by atoms with Crippen molar-refractivity contribution < 1.29 is 9.53 Å². The fourth-order valence-electron chi connectivity index (χ4n) is 1.86. The van der Waals surface area contributed by atoms with Gasteiger partial charge < -0.3 is 9.64 Å². The first kappa shape index (κ1) is 11.2. The van der Waals surface area contributed by atoms with E-state index < -0.39 is 0 Å². The second kappa shape index (κ2) is 4.78. The van der Waals surface area contributed by atoms with Crippen LogP contribution in [0.15, 0.2) is 41.4 Å². The van der Waals surface area contributed by atoms with Gasteiger partial charge in [0.25, 0.3) is 5.91 Å². The van der Waals surface area contributed by atoms with Gasteiger partial charge in [0.2, 0.25) is 0 Å². The van der Waals surface area contributed by atoms with Crippen LogP contribution in [0.1, 0.15) is 10.4 Å². The lowest BCUT2D eigenvalue weighted by atomic mass is 10.1. The van der Waals surface area contributed by atoms with Gasteiger partial charge in [0.05, 0.1) is 24.8 Å². The van der Waals surface area contributed by atoms with Crippen LogP contribution in [0.25, 0.3) is 0 Å². The first-order valence-electron chi connectivity index (χ1n) is 5.71. The van der Waals surface area contributed by atoms with Crippen LogP contribution in [0.3, 0.4) is 0 Å². The molecule has 92 valence electrons. The zero-order valence-corrected chi connectivity index (χ0v) is 10.5. The molecule has 18 heavy (non-hydrogen) atoms. The summed E-state index contributed by atoms with van der Waals surface area (Å²) in [5.41, 5.74) is 0.764. The third-order valence-corrected chi connectivity index (χ3v) is 3.52. The first-order chi connectivity index (χ1) is 8.83.